The number of nitrogens with zero attached hydrogens (tertiary/aromatic N) is 1. The molecule has 2 atom stereocenters. The third kappa shape index (κ3) is 1.89. The fraction of sp³-hybridized carbons (Fsp3) is 0.571. The maximum atomic E-state index is 5.29. The van der Waals surface area contributed by atoms with Crippen molar-refractivity contribution >= 4 is 5.69 Å². The summed E-state index contributed by atoms with van der Waals surface area (Å²) in [4.78, 5) is 2.44. The van der Waals surface area contributed by atoms with Gasteiger partial charge in [-0.2, -0.15) is 0 Å². The van der Waals surface area contributed by atoms with Crippen LogP contribution in [0, 0.1) is 5.92 Å². The van der Waals surface area contributed by atoms with E-state index in [1.165, 1.54) is 30.8 Å². The van der Waals surface area contributed by atoms with Gasteiger partial charge in [-0.05, 0) is 43.5 Å². The Labute approximate surface area is 103 Å². The van der Waals surface area contributed by atoms with Crippen LogP contribution >= 0.6 is 0 Å². The molecule has 17 heavy (non-hydrogen) atoms. The topological polar surface area (TPSA) is 24.5 Å². The summed E-state index contributed by atoms with van der Waals surface area (Å²) in [5, 5.41) is 3.55. The average molecular weight is 232 g/mol. The Bertz CT molecular complexity index is 419. The zero-order chi connectivity index (χ0) is 11.8. The summed E-state index contributed by atoms with van der Waals surface area (Å²) < 4.78 is 5.29. The van der Waals surface area contributed by atoms with Crippen LogP contribution in [0.25, 0.3) is 0 Å². The van der Waals surface area contributed by atoms with Crippen molar-refractivity contribution in [3.63, 3.8) is 0 Å². The maximum absolute atomic E-state index is 5.29. The molecule has 0 bridgehead atoms. The van der Waals surface area contributed by atoms with Crippen LogP contribution in [0.5, 0.6) is 5.75 Å². The maximum Gasteiger partial charge on any atom is 0.120 e. The molecule has 2 unspecified atom stereocenters. The number of methoxy groups -OCH3 is 1. The van der Waals surface area contributed by atoms with Crippen LogP contribution < -0.4 is 10.1 Å². The predicted octanol–water partition coefficient (Wildman–Crippen LogP) is 2.16. The van der Waals surface area contributed by atoms with Crippen molar-refractivity contribution in [2.24, 2.45) is 5.92 Å². The number of hydrogen-bond acceptors (Lipinski definition) is 3. The molecule has 0 aliphatic carbocycles. The van der Waals surface area contributed by atoms with Gasteiger partial charge in [0.05, 0.1) is 7.11 Å². The molecule has 1 aromatic rings. The number of nitrogens with one attached hydrogen (secondary N) is 1. The first kappa shape index (κ1) is 10.9. The number of hydrogen-bond donors (Lipinski definition) is 1. The highest BCUT2D eigenvalue weighted by atomic mass is 16.5. The number of ether oxygens (including phenoxy) is 1. The van der Waals surface area contributed by atoms with Gasteiger partial charge in [0.15, 0.2) is 0 Å². The minimum Gasteiger partial charge on any atom is -0.497 e. The van der Waals surface area contributed by atoms with E-state index in [4.69, 9.17) is 4.74 Å². The standard InChI is InChI=1S/C14H20N2O/c1-16-6-5-12-10(9-16)8-15-14-7-11(17-2)3-4-13(12)14/h3-4,7,10,12,15H,5-6,8-9H2,1-2H3. The molecular formula is C14H20N2O. The SMILES string of the molecule is COc1ccc2c(c1)NCC1CN(C)CCC21. The number of likely N-dealkylation sites (tertiary alicyclic amines) is 1. The van der Waals surface area contributed by atoms with Gasteiger partial charge < -0.3 is 15.0 Å². The van der Waals surface area contributed by atoms with Crippen molar-refractivity contribution in [1.82, 2.24) is 4.90 Å². The van der Waals surface area contributed by atoms with Crippen molar-refractivity contribution in [3.05, 3.63) is 23.8 Å². The fourth-order valence-electron chi connectivity index (χ4n) is 3.21. The van der Waals surface area contributed by atoms with Gasteiger partial charge in [0.2, 0.25) is 0 Å². The fourth-order valence-corrected chi connectivity index (χ4v) is 3.21. The molecule has 0 amide bonds. The van der Waals surface area contributed by atoms with E-state index in [0.29, 0.717) is 0 Å². The zero-order valence-electron chi connectivity index (χ0n) is 10.6. The van der Waals surface area contributed by atoms with E-state index in [-0.39, 0.29) is 0 Å². The average Bonchev–Trinajstić information content (AvgIpc) is 2.37. The van der Waals surface area contributed by atoms with Crippen molar-refractivity contribution in [2.45, 2.75) is 12.3 Å². The summed E-state index contributed by atoms with van der Waals surface area (Å²) in [5.74, 6) is 2.44. The van der Waals surface area contributed by atoms with Gasteiger partial charge in [-0.25, -0.2) is 0 Å². The van der Waals surface area contributed by atoms with Crippen LogP contribution in [0.1, 0.15) is 17.9 Å². The Balaban J connectivity index is 1.91. The third-order valence-corrected chi connectivity index (χ3v) is 4.15. The summed E-state index contributed by atoms with van der Waals surface area (Å²) >= 11 is 0. The van der Waals surface area contributed by atoms with Crippen LogP contribution in [0.15, 0.2) is 18.2 Å². The van der Waals surface area contributed by atoms with Crippen LogP contribution in [0.3, 0.4) is 0 Å². The summed E-state index contributed by atoms with van der Waals surface area (Å²) in [6, 6.07) is 6.45. The van der Waals surface area contributed by atoms with Crippen LogP contribution in [0.2, 0.25) is 0 Å². The van der Waals surface area contributed by atoms with E-state index in [1.807, 2.05) is 0 Å². The zero-order valence-corrected chi connectivity index (χ0v) is 10.6. The Morgan fingerprint density at radius 1 is 1.41 bits per heavy atom. The molecule has 1 N–H and O–H groups in total. The van der Waals surface area contributed by atoms with E-state index >= 15 is 0 Å². The van der Waals surface area contributed by atoms with E-state index in [9.17, 15) is 0 Å². The van der Waals surface area contributed by atoms with E-state index in [1.54, 1.807) is 7.11 Å². The molecule has 2 aliphatic heterocycles. The molecule has 0 spiro atoms. The smallest absolute Gasteiger partial charge is 0.120 e. The van der Waals surface area contributed by atoms with Crippen molar-refractivity contribution in [3.8, 4) is 5.75 Å². The minimum atomic E-state index is 0.730. The number of fused-ring (bicyclic) bond motifs is 3. The van der Waals surface area contributed by atoms with Crippen LogP contribution in [-0.4, -0.2) is 38.7 Å². The third-order valence-electron chi connectivity index (χ3n) is 4.15. The van der Waals surface area contributed by atoms with Gasteiger partial charge in [0, 0.05) is 24.8 Å². The highest BCUT2D eigenvalue weighted by Gasteiger charge is 2.33. The lowest BCUT2D eigenvalue weighted by Crippen LogP contribution is -2.42. The molecule has 3 nitrogen and oxygen atoms in total. The Morgan fingerprint density at radius 2 is 2.29 bits per heavy atom. The molecule has 92 valence electrons. The normalized spacial score (nSPS) is 27.9. The summed E-state index contributed by atoms with van der Waals surface area (Å²) in [5.41, 5.74) is 2.75. The lowest BCUT2D eigenvalue weighted by atomic mass is 9.77. The summed E-state index contributed by atoms with van der Waals surface area (Å²) in [6.45, 7) is 3.52. The molecule has 1 saturated heterocycles. The second-order valence-corrected chi connectivity index (χ2v) is 5.25. The number of rotatable bonds is 1. The lowest BCUT2D eigenvalue weighted by Gasteiger charge is -2.41. The molecule has 2 aliphatic rings. The van der Waals surface area contributed by atoms with Crippen LogP contribution in [-0.2, 0) is 0 Å². The van der Waals surface area contributed by atoms with Crippen LogP contribution in [0.4, 0.5) is 5.69 Å². The number of anilines is 1. The molecule has 0 saturated carbocycles. The largest absolute Gasteiger partial charge is 0.497 e. The number of piperidine rings is 1. The van der Waals surface area contributed by atoms with E-state index in [2.05, 4.69) is 35.5 Å². The van der Waals surface area contributed by atoms with Crippen molar-refractivity contribution < 1.29 is 4.74 Å². The Morgan fingerprint density at radius 3 is 3.12 bits per heavy atom. The first-order chi connectivity index (χ1) is 8.28. The Hall–Kier alpha value is -1.22. The summed E-state index contributed by atoms with van der Waals surface area (Å²) in [6.07, 6.45) is 1.28. The first-order valence-corrected chi connectivity index (χ1v) is 6.38. The quantitative estimate of drug-likeness (QED) is 0.803. The van der Waals surface area contributed by atoms with Gasteiger partial charge in [-0.3, -0.25) is 0 Å². The summed E-state index contributed by atoms with van der Waals surface area (Å²) in [7, 11) is 3.95. The second-order valence-electron chi connectivity index (χ2n) is 5.25. The molecule has 3 rings (SSSR count). The van der Waals surface area contributed by atoms with E-state index in [0.717, 1.165) is 24.1 Å². The monoisotopic (exact) mass is 232 g/mol. The molecule has 2 heterocycles. The highest BCUT2D eigenvalue weighted by molar-refractivity contribution is 5.58. The van der Waals surface area contributed by atoms with Gasteiger partial charge in [-0.15, -0.1) is 0 Å². The van der Waals surface area contributed by atoms with Gasteiger partial charge in [0.1, 0.15) is 5.75 Å². The van der Waals surface area contributed by atoms with Crippen molar-refractivity contribution in [1.29, 1.82) is 0 Å². The highest BCUT2D eigenvalue weighted by Crippen LogP contribution is 2.41. The minimum absolute atomic E-state index is 0.730. The second kappa shape index (κ2) is 4.22. The lowest BCUT2D eigenvalue weighted by molar-refractivity contribution is 0.187. The van der Waals surface area contributed by atoms with Gasteiger partial charge in [-0.1, -0.05) is 6.07 Å². The molecule has 1 aromatic carbocycles. The first-order valence-electron chi connectivity index (χ1n) is 6.38. The van der Waals surface area contributed by atoms with Gasteiger partial charge >= 0.3 is 0 Å². The molecule has 0 aromatic heterocycles. The molecule has 3 heteroatoms. The Kier molecular flexibility index (Phi) is 2.71. The van der Waals surface area contributed by atoms with E-state index < -0.39 is 0 Å². The molecule has 0 radical (unpaired) electrons. The number of benzene rings is 1. The molecular weight excluding hydrogens is 212 g/mol. The van der Waals surface area contributed by atoms with Gasteiger partial charge in [0.25, 0.3) is 0 Å². The predicted molar refractivity (Wildman–Crippen MR) is 69.8 cm³/mol. The molecule has 1 fully saturated rings. The van der Waals surface area contributed by atoms with Crippen molar-refractivity contribution in [2.75, 3.05) is 39.1 Å².